The predicted molar refractivity (Wildman–Crippen MR) is 104 cm³/mol. The molecule has 1 atom stereocenters. The Balaban J connectivity index is 1.61. The van der Waals surface area contributed by atoms with Crippen LogP contribution in [-0.2, 0) is 11.2 Å². The van der Waals surface area contributed by atoms with Crippen molar-refractivity contribution in [2.24, 2.45) is 5.92 Å². The molecular weight excluding hydrogens is 322 g/mol. The average Bonchev–Trinajstić information content (AvgIpc) is 2.66. The second-order valence-corrected chi connectivity index (χ2v) is 7.36. The molecule has 2 aromatic carbocycles. The number of hydrogen-bond acceptors (Lipinski definition) is 2. The zero-order valence-electron chi connectivity index (χ0n) is 15.7. The van der Waals surface area contributed by atoms with Crippen molar-refractivity contribution in [3.8, 4) is 0 Å². The summed E-state index contributed by atoms with van der Waals surface area (Å²) in [4.78, 5) is 27.4. The minimum absolute atomic E-state index is 0.0258. The highest BCUT2D eigenvalue weighted by molar-refractivity contribution is 5.96. The van der Waals surface area contributed by atoms with Crippen LogP contribution in [0.5, 0.6) is 0 Å². The van der Waals surface area contributed by atoms with Crippen LogP contribution < -0.4 is 0 Å². The summed E-state index contributed by atoms with van der Waals surface area (Å²) in [5, 5.41) is 0. The van der Waals surface area contributed by atoms with Gasteiger partial charge in [-0.1, -0.05) is 48.0 Å². The number of Topliss-reactive ketones (excluding diaryl/α,β-unsaturated/α-hetero) is 1. The number of hydrogen-bond donors (Lipinski definition) is 0. The summed E-state index contributed by atoms with van der Waals surface area (Å²) < 4.78 is 0. The molecule has 0 aromatic heterocycles. The van der Waals surface area contributed by atoms with Crippen LogP contribution in [0.4, 0.5) is 0 Å². The number of benzene rings is 2. The van der Waals surface area contributed by atoms with E-state index in [1.807, 2.05) is 55.1 Å². The van der Waals surface area contributed by atoms with Crippen LogP contribution in [0.25, 0.3) is 0 Å². The van der Waals surface area contributed by atoms with Crippen molar-refractivity contribution < 1.29 is 9.59 Å². The number of piperidine rings is 1. The van der Waals surface area contributed by atoms with E-state index in [-0.39, 0.29) is 17.6 Å². The van der Waals surface area contributed by atoms with E-state index in [1.54, 1.807) is 0 Å². The van der Waals surface area contributed by atoms with Crippen LogP contribution >= 0.6 is 0 Å². The molecule has 2 aromatic rings. The molecule has 1 saturated heterocycles. The van der Waals surface area contributed by atoms with Gasteiger partial charge in [-0.15, -0.1) is 0 Å². The molecule has 1 aliphatic heterocycles. The normalized spacial score (nSPS) is 17.2. The van der Waals surface area contributed by atoms with Gasteiger partial charge >= 0.3 is 0 Å². The first-order valence-electron chi connectivity index (χ1n) is 9.48. The number of carbonyl (C=O) groups is 2. The van der Waals surface area contributed by atoms with E-state index >= 15 is 0 Å². The summed E-state index contributed by atoms with van der Waals surface area (Å²) in [6.07, 6.45) is 3.13. The molecular formula is C23H27NO2. The molecule has 0 unspecified atom stereocenters. The third-order valence-corrected chi connectivity index (χ3v) is 5.28. The first-order chi connectivity index (χ1) is 12.5. The zero-order chi connectivity index (χ0) is 18.5. The van der Waals surface area contributed by atoms with Crippen LogP contribution in [0.2, 0.25) is 0 Å². The topological polar surface area (TPSA) is 37.4 Å². The SMILES string of the molecule is Cc1ccc(C(=O)N2CCC[C@H](C(=O)CCc3ccccc3)C2)c(C)c1. The lowest BCUT2D eigenvalue weighted by Gasteiger charge is -2.32. The average molecular weight is 349 g/mol. The van der Waals surface area contributed by atoms with Crippen molar-refractivity contribution in [1.29, 1.82) is 0 Å². The van der Waals surface area contributed by atoms with Gasteiger partial charge in [0.2, 0.25) is 0 Å². The van der Waals surface area contributed by atoms with Gasteiger partial charge < -0.3 is 4.90 Å². The molecule has 0 bridgehead atoms. The number of carbonyl (C=O) groups excluding carboxylic acids is 2. The van der Waals surface area contributed by atoms with Crippen molar-refractivity contribution >= 4 is 11.7 Å². The van der Waals surface area contributed by atoms with Gasteiger partial charge in [-0.05, 0) is 50.3 Å². The molecule has 0 radical (unpaired) electrons. The number of nitrogens with zero attached hydrogens (tertiary/aromatic N) is 1. The van der Waals surface area contributed by atoms with Gasteiger partial charge in [-0.3, -0.25) is 9.59 Å². The Morgan fingerprint density at radius 2 is 1.85 bits per heavy atom. The maximum Gasteiger partial charge on any atom is 0.254 e. The monoisotopic (exact) mass is 349 g/mol. The van der Waals surface area contributed by atoms with Crippen molar-refractivity contribution in [3.63, 3.8) is 0 Å². The van der Waals surface area contributed by atoms with Crippen LogP contribution in [0.1, 0.15) is 46.3 Å². The molecule has 3 heteroatoms. The molecule has 0 N–H and O–H groups in total. The Labute approximate surface area is 156 Å². The van der Waals surface area contributed by atoms with Gasteiger partial charge in [0.15, 0.2) is 0 Å². The third kappa shape index (κ3) is 4.40. The van der Waals surface area contributed by atoms with Gasteiger partial charge in [-0.2, -0.15) is 0 Å². The molecule has 0 saturated carbocycles. The van der Waals surface area contributed by atoms with E-state index in [9.17, 15) is 9.59 Å². The van der Waals surface area contributed by atoms with E-state index in [0.29, 0.717) is 13.0 Å². The van der Waals surface area contributed by atoms with Gasteiger partial charge in [0.1, 0.15) is 5.78 Å². The standard InChI is InChI=1S/C23H27NO2/c1-17-10-12-21(18(2)15-17)23(26)24-14-6-9-20(16-24)22(25)13-11-19-7-4-3-5-8-19/h3-5,7-8,10,12,15,20H,6,9,11,13-14,16H2,1-2H3/t20-/m0/s1. The molecule has 0 spiro atoms. The highest BCUT2D eigenvalue weighted by Gasteiger charge is 2.29. The largest absolute Gasteiger partial charge is 0.338 e. The van der Waals surface area contributed by atoms with Crippen LogP contribution in [-0.4, -0.2) is 29.7 Å². The van der Waals surface area contributed by atoms with Crippen LogP contribution in [0.15, 0.2) is 48.5 Å². The summed E-state index contributed by atoms with van der Waals surface area (Å²) >= 11 is 0. The quantitative estimate of drug-likeness (QED) is 0.804. The van der Waals surface area contributed by atoms with E-state index in [2.05, 4.69) is 12.1 Å². The highest BCUT2D eigenvalue weighted by Crippen LogP contribution is 2.22. The van der Waals surface area contributed by atoms with Crippen molar-refractivity contribution in [3.05, 3.63) is 70.8 Å². The highest BCUT2D eigenvalue weighted by atomic mass is 16.2. The molecule has 1 amide bonds. The number of aryl methyl sites for hydroxylation is 3. The predicted octanol–water partition coefficient (Wildman–Crippen LogP) is 4.36. The lowest BCUT2D eigenvalue weighted by molar-refractivity contribution is -0.124. The molecule has 0 aliphatic carbocycles. The maximum atomic E-state index is 12.9. The molecule has 3 rings (SSSR count). The van der Waals surface area contributed by atoms with E-state index in [1.165, 1.54) is 5.56 Å². The van der Waals surface area contributed by atoms with Crippen LogP contribution in [0, 0.1) is 19.8 Å². The lowest BCUT2D eigenvalue weighted by Crippen LogP contribution is -2.42. The molecule has 1 heterocycles. The third-order valence-electron chi connectivity index (χ3n) is 5.28. The fourth-order valence-electron chi connectivity index (χ4n) is 3.76. The van der Waals surface area contributed by atoms with Gasteiger partial charge in [0, 0.05) is 31.0 Å². The first kappa shape index (κ1) is 18.4. The van der Waals surface area contributed by atoms with E-state index < -0.39 is 0 Å². The van der Waals surface area contributed by atoms with Crippen molar-refractivity contribution in [1.82, 2.24) is 4.90 Å². The second-order valence-electron chi connectivity index (χ2n) is 7.36. The fraction of sp³-hybridized carbons (Fsp3) is 0.391. The minimum Gasteiger partial charge on any atom is -0.338 e. The number of ketones is 1. The van der Waals surface area contributed by atoms with E-state index in [0.717, 1.165) is 42.5 Å². The fourth-order valence-corrected chi connectivity index (χ4v) is 3.76. The summed E-state index contributed by atoms with van der Waals surface area (Å²) in [6.45, 7) is 5.31. The smallest absolute Gasteiger partial charge is 0.254 e. The van der Waals surface area contributed by atoms with E-state index in [4.69, 9.17) is 0 Å². The van der Waals surface area contributed by atoms with Crippen molar-refractivity contribution in [2.75, 3.05) is 13.1 Å². The lowest BCUT2D eigenvalue weighted by atomic mass is 9.90. The second kappa shape index (κ2) is 8.31. The summed E-state index contributed by atoms with van der Waals surface area (Å²) in [5.74, 6) is 0.317. The van der Waals surface area contributed by atoms with Gasteiger partial charge in [-0.25, -0.2) is 0 Å². The van der Waals surface area contributed by atoms with Crippen LogP contribution in [0.3, 0.4) is 0 Å². The Morgan fingerprint density at radius 1 is 1.08 bits per heavy atom. The number of rotatable bonds is 5. The van der Waals surface area contributed by atoms with Crippen molar-refractivity contribution in [2.45, 2.75) is 39.5 Å². The molecule has 136 valence electrons. The minimum atomic E-state index is -0.0258. The molecule has 26 heavy (non-hydrogen) atoms. The Morgan fingerprint density at radius 3 is 2.58 bits per heavy atom. The summed E-state index contributed by atoms with van der Waals surface area (Å²) in [7, 11) is 0. The maximum absolute atomic E-state index is 12.9. The van der Waals surface area contributed by atoms with Gasteiger partial charge in [0.05, 0.1) is 0 Å². The Hall–Kier alpha value is -2.42. The Bertz CT molecular complexity index is 782. The van der Waals surface area contributed by atoms with Gasteiger partial charge in [0.25, 0.3) is 5.91 Å². The first-order valence-corrected chi connectivity index (χ1v) is 9.48. The number of amides is 1. The summed E-state index contributed by atoms with van der Waals surface area (Å²) in [6, 6.07) is 16.0. The molecule has 1 aliphatic rings. The number of likely N-dealkylation sites (tertiary alicyclic amines) is 1. The molecule has 1 fully saturated rings. The zero-order valence-corrected chi connectivity index (χ0v) is 15.7. The summed E-state index contributed by atoms with van der Waals surface area (Å²) in [5.41, 5.74) is 4.12. The molecule has 3 nitrogen and oxygen atoms in total. The Kier molecular flexibility index (Phi) is 5.87.